The lowest BCUT2D eigenvalue weighted by molar-refractivity contribution is 0.102. The van der Waals surface area contributed by atoms with Crippen molar-refractivity contribution in [2.45, 2.75) is 20.8 Å². The first kappa shape index (κ1) is 15.3. The van der Waals surface area contributed by atoms with Gasteiger partial charge in [-0.25, -0.2) is 0 Å². The Balaban J connectivity index is 2.27. The summed E-state index contributed by atoms with van der Waals surface area (Å²) in [5.41, 5.74) is 2.02. The molecule has 0 spiro atoms. The molecule has 18 heavy (non-hydrogen) atoms. The van der Waals surface area contributed by atoms with E-state index in [4.69, 9.17) is 0 Å². The van der Waals surface area contributed by atoms with Crippen LogP contribution in [-0.2, 0) is 0 Å². The average Bonchev–Trinajstić information content (AvgIpc) is 2.39. The molecule has 0 aliphatic carbocycles. The molecule has 100 valence electrons. The smallest absolute Gasteiger partial charge is 0.172 e. The highest BCUT2D eigenvalue weighted by atomic mass is 32.2. The van der Waals surface area contributed by atoms with Crippen LogP contribution in [0.4, 0.5) is 0 Å². The topological polar surface area (TPSA) is 20.3 Å². The van der Waals surface area contributed by atoms with Crippen LogP contribution in [0, 0.1) is 6.92 Å². The Kier molecular flexibility index (Phi) is 7.06. The Hall–Kier alpha value is -0.800. The van der Waals surface area contributed by atoms with Crippen molar-refractivity contribution >= 4 is 17.5 Å². The van der Waals surface area contributed by atoms with Crippen molar-refractivity contribution < 1.29 is 4.79 Å². The molecular formula is C15H23NOS. The maximum absolute atomic E-state index is 11.9. The molecule has 1 aromatic carbocycles. The van der Waals surface area contributed by atoms with Gasteiger partial charge in [0.15, 0.2) is 5.78 Å². The van der Waals surface area contributed by atoms with Crippen LogP contribution in [0.5, 0.6) is 0 Å². The van der Waals surface area contributed by atoms with Gasteiger partial charge in [0.2, 0.25) is 0 Å². The fourth-order valence-corrected chi connectivity index (χ4v) is 2.60. The summed E-state index contributed by atoms with van der Waals surface area (Å²) >= 11 is 1.73. The second kappa shape index (κ2) is 8.33. The summed E-state index contributed by atoms with van der Waals surface area (Å²) in [6.07, 6.45) is 0. The lowest BCUT2D eigenvalue weighted by Gasteiger charge is -2.17. The molecule has 0 bridgehead atoms. The third kappa shape index (κ3) is 5.23. The molecule has 0 aliphatic heterocycles. The predicted octanol–water partition coefficient (Wildman–Crippen LogP) is 3.25. The lowest BCUT2D eigenvalue weighted by atomic mass is 10.1. The van der Waals surface area contributed by atoms with E-state index in [1.54, 1.807) is 11.8 Å². The summed E-state index contributed by atoms with van der Waals surface area (Å²) in [7, 11) is 0. The molecule has 2 nitrogen and oxygen atoms in total. The summed E-state index contributed by atoms with van der Waals surface area (Å²) in [6.45, 7) is 9.62. The number of hydrogen-bond acceptors (Lipinski definition) is 3. The van der Waals surface area contributed by atoms with E-state index in [0.717, 1.165) is 31.0 Å². The van der Waals surface area contributed by atoms with E-state index < -0.39 is 0 Å². The van der Waals surface area contributed by atoms with Gasteiger partial charge in [0, 0.05) is 17.9 Å². The lowest BCUT2D eigenvalue weighted by Crippen LogP contribution is -2.25. The molecule has 0 saturated heterocycles. The molecule has 0 N–H and O–H groups in total. The highest BCUT2D eigenvalue weighted by Crippen LogP contribution is 2.09. The first-order valence-corrected chi connectivity index (χ1v) is 7.72. The van der Waals surface area contributed by atoms with Crippen LogP contribution in [0.2, 0.25) is 0 Å². The van der Waals surface area contributed by atoms with Gasteiger partial charge in [-0.3, -0.25) is 4.79 Å². The Morgan fingerprint density at radius 3 is 2.33 bits per heavy atom. The number of thioether (sulfide) groups is 1. The summed E-state index contributed by atoms with van der Waals surface area (Å²) in [5.74, 6) is 1.85. The Labute approximate surface area is 115 Å². The summed E-state index contributed by atoms with van der Waals surface area (Å²) in [6, 6.07) is 7.83. The fourth-order valence-electron chi connectivity index (χ4n) is 1.72. The van der Waals surface area contributed by atoms with Crippen molar-refractivity contribution in [2.75, 3.05) is 31.1 Å². The summed E-state index contributed by atoms with van der Waals surface area (Å²) in [5, 5.41) is 0. The molecular weight excluding hydrogens is 242 g/mol. The van der Waals surface area contributed by atoms with Crippen LogP contribution in [-0.4, -0.2) is 41.8 Å². The Morgan fingerprint density at radius 1 is 1.17 bits per heavy atom. The van der Waals surface area contributed by atoms with E-state index in [1.807, 2.05) is 31.2 Å². The zero-order chi connectivity index (χ0) is 13.4. The number of nitrogens with zero attached hydrogens (tertiary/aromatic N) is 1. The SMILES string of the molecule is CCN(CC)CCSCC(=O)c1ccc(C)cc1. The van der Waals surface area contributed by atoms with Crippen LogP contribution in [0.15, 0.2) is 24.3 Å². The molecule has 0 aliphatic rings. The molecule has 1 aromatic rings. The van der Waals surface area contributed by atoms with Crippen LogP contribution >= 0.6 is 11.8 Å². The zero-order valence-corrected chi connectivity index (χ0v) is 12.4. The van der Waals surface area contributed by atoms with Crippen molar-refractivity contribution in [3.05, 3.63) is 35.4 Å². The standard InChI is InChI=1S/C15H23NOS/c1-4-16(5-2)10-11-18-12-15(17)14-8-6-13(3)7-9-14/h6-9H,4-5,10-12H2,1-3H3. The van der Waals surface area contributed by atoms with Crippen LogP contribution < -0.4 is 0 Å². The maximum atomic E-state index is 11.9. The number of ketones is 1. The number of Topliss-reactive ketones (excluding diaryl/α,β-unsaturated/α-hetero) is 1. The molecule has 3 heteroatoms. The summed E-state index contributed by atoms with van der Waals surface area (Å²) < 4.78 is 0. The number of rotatable bonds is 8. The van der Waals surface area contributed by atoms with Gasteiger partial charge >= 0.3 is 0 Å². The van der Waals surface area contributed by atoms with E-state index in [2.05, 4.69) is 18.7 Å². The summed E-state index contributed by atoms with van der Waals surface area (Å²) in [4.78, 5) is 14.3. The van der Waals surface area contributed by atoms with Gasteiger partial charge in [0.1, 0.15) is 0 Å². The van der Waals surface area contributed by atoms with Gasteiger partial charge in [-0.2, -0.15) is 11.8 Å². The van der Waals surface area contributed by atoms with E-state index >= 15 is 0 Å². The molecule has 0 unspecified atom stereocenters. The van der Waals surface area contributed by atoms with Gasteiger partial charge in [-0.1, -0.05) is 43.7 Å². The van der Waals surface area contributed by atoms with Crippen molar-refractivity contribution in [3.8, 4) is 0 Å². The monoisotopic (exact) mass is 265 g/mol. The molecule has 1 rings (SSSR count). The molecule has 0 saturated carbocycles. The molecule has 0 amide bonds. The third-order valence-corrected chi connectivity index (χ3v) is 3.99. The van der Waals surface area contributed by atoms with E-state index in [0.29, 0.717) is 5.75 Å². The van der Waals surface area contributed by atoms with Crippen molar-refractivity contribution in [3.63, 3.8) is 0 Å². The molecule has 0 fully saturated rings. The Morgan fingerprint density at radius 2 is 1.78 bits per heavy atom. The van der Waals surface area contributed by atoms with E-state index in [1.165, 1.54) is 5.56 Å². The van der Waals surface area contributed by atoms with Crippen molar-refractivity contribution in [1.29, 1.82) is 0 Å². The van der Waals surface area contributed by atoms with Gasteiger partial charge < -0.3 is 4.90 Å². The predicted molar refractivity (Wildman–Crippen MR) is 80.6 cm³/mol. The minimum absolute atomic E-state index is 0.236. The van der Waals surface area contributed by atoms with Crippen molar-refractivity contribution in [1.82, 2.24) is 4.90 Å². The first-order valence-electron chi connectivity index (χ1n) is 6.57. The fraction of sp³-hybridized carbons (Fsp3) is 0.533. The maximum Gasteiger partial charge on any atom is 0.172 e. The van der Waals surface area contributed by atoms with Gasteiger partial charge in [0.25, 0.3) is 0 Å². The zero-order valence-electron chi connectivity index (χ0n) is 11.6. The van der Waals surface area contributed by atoms with Gasteiger partial charge in [-0.05, 0) is 20.0 Å². The minimum Gasteiger partial charge on any atom is -0.303 e. The van der Waals surface area contributed by atoms with Crippen LogP contribution in [0.3, 0.4) is 0 Å². The largest absolute Gasteiger partial charge is 0.303 e. The first-order chi connectivity index (χ1) is 8.67. The number of hydrogen-bond donors (Lipinski definition) is 0. The third-order valence-electron chi connectivity index (χ3n) is 3.05. The van der Waals surface area contributed by atoms with E-state index in [-0.39, 0.29) is 5.78 Å². The van der Waals surface area contributed by atoms with Crippen molar-refractivity contribution in [2.24, 2.45) is 0 Å². The Bertz CT molecular complexity index is 357. The van der Waals surface area contributed by atoms with Gasteiger partial charge in [-0.15, -0.1) is 0 Å². The average molecular weight is 265 g/mol. The minimum atomic E-state index is 0.236. The number of carbonyl (C=O) groups is 1. The number of aryl methyl sites for hydroxylation is 1. The van der Waals surface area contributed by atoms with Crippen LogP contribution in [0.25, 0.3) is 0 Å². The number of benzene rings is 1. The molecule has 0 radical (unpaired) electrons. The molecule has 0 atom stereocenters. The normalized spacial score (nSPS) is 10.9. The quantitative estimate of drug-likeness (QED) is 0.531. The number of carbonyl (C=O) groups excluding carboxylic acids is 1. The molecule has 0 aromatic heterocycles. The van der Waals surface area contributed by atoms with Gasteiger partial charge in [0.05, 0.1) is 5.75 Å². The van der Waals surface area contributed by atoms with E-state index in [9.17, 15) is 4.79 Å². The molecule has 0 heterocycles. The highest BCUT2D eigenvalue weighted by molar-refractivity contribution is 8.00. The highest BCUT2D eigenvalue weighted by Gasteiger charge is 2.06. The second-order valence-corrected chi connectivity index (χ2v) is 5.47. The van der Waals surface area contributed by atoms with Crippen LogP contribution in [0.1, 0.15) is 29.8 Å². The second-order valence-electron chi connectivity index (χ2n) is 4.37.